The van der Waals surface area contributed by atoms with Crippen molar-refractivity contribution in [1.29, 1.82) is 0 Å². The molecule has 2 heterocycles. The SMILES string of the molecule is CN1/C(=C2/SC(=S)N(c3ccccc3)C2=O)Sc2ccc3ccccc3c21. The molecule has 3 aromatic rings. The van der Waals surface area contributed by atoms with Crippen LogP contribution in [-0.2, 0) is 4.79 Å². The summed E-state index contributed by atoms with van der Waals surface area (Å²) in [7, 11) is 2.02. The Hall–Kier alpha value is -2.28. The van der Waals surface area contributed by atoms with Crippen LogP contribution in [0.15, 0.2) is 81.6 Å². The molecule has 2 aliphatic heterocycles. The summed E-state index contributed by atoms with van der Waals surface area (Å²) < 4.78 is 0.573. The molecule has 0 bridgehead atoms. The number of thiocarbonyl (C=S) groups is 1. The fourth-order valence-corrected chi connectivity index (χ4v) is 6.07. The Morgan fingerprint density at radius 3 is 2.44 bits per heavy atom. The van der Waals surface area contributed by atoms with Crippen LogP contribution in [0.1, 0.15) is 0 Å². The minimum absolute atomic E-state index is 0.0531. The second kappa shape index (κ2) is 6.41. The van der Waals surface area contributed by atoms with Crippen LogP contribution in [0.3, 0.4) is 0 Å². The number of hydrogen-bond acceptors (Lipinski definition) is 5. The molecule has 0 radical (unpaired) electrons. The first-order valence-electron chi connectivity index (χ1n) is 8.44. The zero-order valence-electron chi connectivity index (χ0n) is 14.4. The molecule has 0 N–H and O–H groups in total. The summed E-state index contributed by atoms with van der Waals surface area (Å²) in [6.45, 7) is 0. The van der Waals surface area contributed by atoms with Crippen LogP contribution in [-0.4, -0.2) is 17.3 Å². The fourth-order valence-electron chi connectivity index (χ4n) is 3.43. The normalized spacial score (nSPS) is 19.3. The lowest BCUT2D eigenvalue weighted by molar-refractivity contribution is -0.113. The molecule has 0 spiro atoms. The van der Waals surface area contributed by atoms with E-state index in [0.717, 1.165) is 21.3 Å². The minimum atomic E-state index is -0.0531. The van der Waals surface area contributed by atoms with E-state index in [-0.39, 0.29) is 5.91 Å². The van der Waals surface area contributed by atoms with Crippen molar-refractivity contribution in [3.63, 3.8) is 0 Å². The molecule has 132 valence electrons. The van der Waals surface area contributed by atoms with Crippen molar-refractivity contribution in [2.75, 3.05) is 16.8 Å². The van der Waals surface area contributed by atoms with Crippen LogP contribution in [0.5, 0.6) is 0 Å². The molecule has 0 aromatic heterocycles. The van der Waals surface area contributed by atoms with Gasteiger partial charge in [0.15, 0.2) is 4.32 Å². The lowest BCUT2D eigenvalue weighted by Crippen LogP contribution is -2.28. The number of rotatable bonds is 1. The minimum Gasteiger partial charge on any atom is -0.337 e. The highest BCUT2D eigenvalue weighted by atomic mass is 32.2. The van der Waals surface area contributed by atoms with Crippen LogP contribution in [0.25, 0.3) is 10.8 Å². The monoisotopic (exact) mass is 406 g/mol. The number of para-hydroxylation sites is 1. The second-order valence-corrected chi connectivity index (χ2v) is 8.95. The van der Waals surface area contributed by atoms with Crippen molar-refractivity contribution in [3.05, 3.63) is 76.7 Å². The van der Waals surface area contributed by atoms with Crippen LogP contribution >= 0.6 is 35.7 Å². The molecule has 1 fully saturated rings. The molecule has 1 saturated heterocycles. The number of nitrogens with zero attached hydrogens (tertiary/aromatic N) is 2. The average molecular weight is 407 g/mol. The lowest BCUT2D eigenvalue weighted by atomic mass is 10.1. The summed E-state index contributed by atoms with van der Waals surface area (Å²) in [5, 5.41) is 3.33. The molecule has 0 aliphatic carbocycles. The molecular weight excluding hydrogens is 392 g/mol. The van der Waals surface area contributed by atoms with Gasteiger partial charge in [-0.2, -0.15) is 0 Å². The zero-order valence-corrected chi connectivity index (χ0v) is 16.8. The number of fused-ring (bicyclic) bond motifs is 3. The molecule has 27 heavy (non-hydrogen) atoms. The topological polar surface area (TPSA) is 23.6 Å². The summed E-state index contributed by atoms with van der Waals surface area (Å²) in [5.41, 5.74) is 1.96. The fraction of sp³-hybridized carbons (Fsp3) is 0.0476. The van der Waals surface area contributed by atoms with E-state index in [1.807, 2.05) is 49.5 Å². The maximum absolute atomic E-state index is 13.2. The van der Waals surface area contributed by atoms with Gasteiger partial charge in [0, 0.05) is 17.3 Å². The number of benzene rings is 3. The van der Waals surface area contributed by atoms with Crippen molar-refractivity contribution in [2.45, 2.75) is 4.90 Å². The molecule has 1 amide bonds. The Morgan fingerprint density at radius 2 is 1.63 bits per heavy atom. The van der Waals surface area contributed by atoms with Crippen molar-refractivity contribution < 1.29 is 4.79 Å². The van der Waals surface area contributed by atoms with Gasteiger partial charge < -0.3 is 4.90 Å². The lowest BCUT2D eigenvalue weighted by Gasteiger charge is -2.17. The molecule has 2 aliphatic rings. The summed E-state index contributed by atoms with van der Waals surface area (Å²) in [6.07, 6.45) is 0. The van der Waals surface area contributed by atoms with Gasteiger partial charge >= 0.3 is 0 Å². The Morgan fingerprint density at radius 1 is 0.889 bits per heavy atom. The predicted molar refractivity (Wildman–Crippen MR) is 119 cm³/mol. The van der Waals surface area contributed by atoms with E-state index >= 15 is 0 Å². The zero-order chi connectivity index (χ0) is 18.5. The van der Waals surface area contributed by atoms with E-state index in [4.69, 9.17) is 12.2 Å². The molecule has 3 nitrogen and oxygen atoms in total. The second-order valence-electron chi connectivity index (χ2n) is 6.27. The number of thioether (sulfide) groups is 2. The predicted octanol–water partition coefficient (Wildman–Crippen LogP) is 5.62. The largest absolute Gasteiger partial charge is 0.337 e. The first-order chi connectivity index (χ1) is 13.1. The van der Waals surface area contributed by atoms with Gasteiger partial charge in [-0.1, -0.05) is 84.3 Å². The maximum Gasteiger partial charge on any atom is 0.273 e. The highest BCUT2D eigenvalue weighted by molar-refractivity contribution is 8.27. The molecule has 0 atom stereocenters. The number of amides is 1. The smallest absolute Gasteiger partial charge is 0.273 e. The van der Waals surface area contributed by atoms with Gasteiger partial charge in [-0.3, -0.25) is 9.69 Å². The van der Waals surface area contributed by atoms with Crippen molar-refractivity contribution in [2.24, 2.45) is 0 Å². The van der Waals surface area contributed by atoms with Crippen molar-refractivity contribution in [1.82, 2.24) is 0 Å². The van der Waals surface area contributed by atoms with Crippen LogP contribution in [0, 0.1) is 0 Å². The third kappa shape index (κ3) is 2.59. The van der Waals surface area contributed by atoms with Crippen molar-refractivity contribution in [3.8, 4) is 0 Å². The Bertz CT molecular complexity index is 1140. The van der Waals surface area contributed by atoms with E-state index in [9.17, 15) is 4.79 Å². The highest BCUT2D eigenvalue weighted by Gasteiger charge is 2.39. The third-order valence-electron chi connectivity index (χ3n) is 4.69. The van der Waals surface area contributed by atoms with Crippen molar-refractivity contribution >= 4 is 68.1 Å². The summed E-state index contributed by atoms with van der Waals surface area (Å²) in [4.78, 5) is 18.8. The van der Waals surface area contributed by atoms with Gasteiger partial charge in [0.2, 0.25) is 0 Å². The van der Waals surface area contributed by atoms with E-state index in [0.29, 0.717) is 9.23 Å². The van der Waals surface area contributed by atoms with Gasteiger partial charge in [0.25, 0.3) is 5.91 Å². The quantitative estimate of drug-likeness (QED) is 0.386. The summed E-state index contributed by atoms with van der Waals surface area (Å²) in [6, 6.07) is 22.2. The van der Waals surface area contributed by atoms with E-state index in [1.165, 1.54) is 22.5 Å². The molecular formula is C21H14N2OS3. The van der Waals surface area contributed by atoms with Crippen LogP contribution < -0.4 is 9.80 Å². The summed E-state index contributed by atoms with van der Waals surface area (Å²) >= 11 is 8.54. The number of carbonyl (C=O) groups is 1. The molecule has 3 aromatic carbocycles. The van der Waals surface area contributed by atoms with E-state index in [2.05, 4.69) is 29.2 Å². The van der Waals surface area contributed by atoms with Gasteiger partial charge in [0.1, 0.15) is 4.91 Å². The molecule has 5 rings (SSSR count). The van der Waals surface area contributed by atoms with Gasteiger partial charge in [-0.25, -0.2) is 0 Å². The van der Waals surface area contributed by atoms with E-state index < -0.39 is 0 Å². The van der Waals surface area contributed by atoms with Gasteiger partial charge in [-0.05, 0) is 23.6 Å². The molecule has 0 unspecified atom stereocenters. The number of carbonyl (C=O) groups excluding carboxylic acids is 1. The average Bonchev–Trinajstić information content (AvgIpc) is 3.18. The number of hydrogen-bond donors (Lipinski definition) is 0. The van der Waals surface area contributed by atoms with Gasteiger partial charge in [0.05, 0.1) is 16.4 Å². The molecule has 6 heteroatoms. The first-order valence-corrected chi connectivity index (χ1v) is 10.5. The highest BCUT2D eigenvalue weighted by Crippen LogP contribution is 2.52. The van der Waals surface area contributed by atoms with Crippen LogP contribution in [0.2, 0.25) is 0 Å². The Labute approximate surface area is 171 Å². The molecule has 0 saturated carbocycles. The third-order valence-corrected chi connectivity index (χ3v) is 7.40. The first kappa shape index (κ1) is 16.9. The van der Waals surface area contributed by atoms with Crippen LogP contribution in [0.4, 0.5) is 11.4 Å². The number of anilines is 2. The summed E-state index contributed by atoms with van der Waals surface area (Å²) in [5.74, 6) is -0.0531. The van der Waals surface area contributed by atoms with E-state index in [1.54, 1.807) is 16.7 Å². The Kier molecular flexibility index (Phi) is 4.00. The maximum atomic E-state index is 13.2. The standard InChI is InChI=1S/C21H14N2OS3/c1-22-17-15-10-6-5-7-13(15)11-12-16(17)26-20(22)18-19(24)23(21(25)27-18)14-8-3-2-4-9-14/h2-12H,1H3/b20-18-. The van der Waals surface area contributed by atoms with Gasteiger partial charge in [-0.15, -0.1) is 0 Å². The Balaban J connectivity index is 1.61.